The molecule has 1 aliphatic heterocycles. The topological polar surface area (TPSA) is 55.0 Å². The van der Waals surface area contributed by atoms with Gasteiger partial charge in [-0.2, -0.15) is 0 Å². The molecule has 0 bridgehead atoms. The van der Waals surface area contributed by atoms with E-state index in [1.165, 1.54) is 0 Å². The second-order valence-electron chi connectivity index (χ2n) is 3.53. The minimum Gasteiger partial charge on any atom is -0.302 e. The molecular weight excluding hydrogens is 190 g/mol. The van der Waals surface area contributed by atoms with Gasteiger partial charge in [0.05, 0.1) is 6.54 Å². The molecule has 1 aliphatic rings. The molecule has 0 amide bonds. The highest BCUT2D eigenvalue weighted by Crippen LogP contribution is 2.03. The molecule has 1 aromatic rings. The van der Waals surface area contributed by atoms with Gasteiger partial charge in [-0.3, -0.25) is 4.98 Å². The Kier molecular flexibility index (Phi) is 2.73. The van der Waals surface area contributed by atoms with Gasteiger partial charge < -0.3 is 4.90 Å². The summed E-state index contributed by atoms with van der Waals surface area (Å²) in [5.41, 5.74) is 0.898. The van der Waals surface area contributed by atoms with Crippen LogP contribution in [0, 0.1) is 0 Å². The number of nitrogens with zero attached hydrogens (tertiary/aromatic N) is 5. The van der Waals surface area contributed by atoms with Crippen molar-refractivity contribution in [1.29, 1.82) is 0 Å². The second kappa shape index (κ2) is 4.18. The van der Waals surface area contributed by atoms with E-state index in [1.807, 2.05) is 31.1 Å². The van der Waals surface area contributed by atoms with Crippen LogP contribution in [0.25, 0.3) is 0 Å². The van der Waals surface area contributed by atoms with E-state index in [9.17, 15) is 0 Å². The van der Waals surface area contributed by atoms with E-state index in [0.717, 1.165) is 11.4 Å². The molecule has 0 aliphatic carbocycles. The zero-order chi connectivity index (χ0) is 10.7. The summed E-state index contributed by atoms with van der Waals surface area (Å²) in [6, 6.07) is 3.78. The molecule has 0 atom stereocenters. The van der Waals surface area contributed by atoms with Crippen LogP contribution in [0.15, 0.2) is 34.7 Å². The van der Waals surface area contributed by atoms with Crippen LogP contribution >= 0.6 is 0 Å². The number of pyridine rings is 1. The van der Waals surface area contributed by atoms with E-state index < -0.39 is 0 Å². The van der Waals surface area contributed by atoms with Gasteiger partial charge in [0.25, 0.3) is 0 Å². The van der Waals surface area contributed by atoms with Crippen molar-refractivity contribution in [2.24, 2.45) is 10.2 Å². The van der Waals surface area contributed by atoms with Gasteiger partial charge in [-0.1, -0.05) is 0 Å². The molecule has 1 aromatic heterocycles. The standard InChI is InChI=1S/C10H12N5/c1-15(2)7-9-12-10(14-13-9)8-4-3-5-11-6-8/h3-6H,7H2,1-2H3. The van der Waals surface area contributed by atoms with E-state index in [-0.39, 0.29) is 0 Å². The second-order valence-corrected chi connectivity index (χ2v) is 3.53. The summed E-state index contributed by atoms with van der Waals surface area (Å²) in [6.45, 7) is 0.702. The molecule has 0 aromatic carbocycles. The molecule has 0 unspecified atom stereocenters. The van der Waals surface area contributed by atoms with E-state index in [4.69, 9.17) is 0 Å². The Morgan fingerprint density at radius 2 is 2.13 bits per heavy atom. The first-order valence-electron chi connectivity index (χ1n) is 4.67. The molecule has 0 N–H and O–H groups in total. The Hall–Kier alpha value is -1.75. The SMILES string of the molecule is CN(C)CC1=NN=C(c2cccnc2)[N]1. The zero-order valence-corrected chi connectivity index (χ0v) is 8.75. The zero-order valence-electron chi connectivity index (χ0n) is 8.75. The molecule has 0 spiro atoms. The summed E-state index contributed by atoms with van der Waals surface area (Å²) < 4.78 is 0. The molecule has 2 rings (SSSR count). The number of hydrogen-bond acceptors (Lipinski definition) is 4. The van der Waals surface area contributed by atoms with Gasteiger partial charge in [0.2, 0.25) is 0 Å². The molecule has 1 radical (unpaired) electrons. The molecule has 5 heteroatoms. The maximum atomic E-state index is 4.32. The third-order valence-electron chi connectivity index (χ3n) is 1.87. The van der Waals surface area contributed by atoms with Crippen LogP contribution in [0.1, 0.15) is 5.56 Å². The van der Waals surface area contributed by atoms with Crippen LogP contribution in [0.4, 0.5) is 0 Å². The Morgan fingerprint density at radius 3 is 2.80 bits per heavy atom. The van der Waals surface area contributed by atoms with Crippen LogP contribution in [-0.4, -0.2) is 42.2 Å². The molecule has 0 saturated heterocycles. The molecular formula is C10H12N5. The summed E-state index contributed by atoms with van der Waals surface area (Å²) in [7, 11) is 3.94. The maximum Gasteiger partial charge on any atom is 0.185 e. The lowest BCUT2D eigenvalue weighted by molar-refractivity contribution is 0.467. The number of likely N-dealkylation sites (N-methyl/N-ethyl adjacent to an activating group) is 1. The van der Waals surface area contributed by atoms with Crippen molar-refractivity contribution in [3.05, 3.63) is 30.1 Å². The van der Waals surface area contributed by atoms with Crippen molar-refractivity contribution in [2.45, 2.75) is 0 Å². The van der Waals surface area contributed by atoms with Gasteiger partial charge in [0.15, 0.2) is 11.7 Å². The molecule has 5 nitrogen and oxygen atoms in total. The predicted octanol–water partition coefficient (Wildman–Crippen LogP) is 0.321. The molecule has 15 heavy (non-hydrogen) atoms. The van der Waals surface area contributed by atoms with Crippen molar-refractivity contribution in [3.8, 4) is 0 Å². The quantitative estimate of drug-likeness (QED) is 0.708. The fourth-order valence-corrected chi connectivity index (χ4v) is 1.24. The van der Waals surface area contributed by atoms with Crippen molar-refractivity contribution < 1.29 is 0 Å². The van der Waals surface area contributed by atoms with E-state index in [0.29, 0.717) is 12.4 Å². The largest absolute Gasteiger partial charge is 0.302 e. The number of hydrogen-bond donors (Lipinski definition) is 0. The average Bonchev–Trinajstić information content (AvgIpc) is 2.67. The van der Waals surface area contributed by atoms with Crippen LogP contribution < -0.4 is 5.32 Å². The smallest absolute Gasteiger partial charge is 0.185 e. The molecule has 77 valence electrons. The lowest BCUT2D eigenvalue weighted by Gasteiger charge is -2.07. The average molecular weight is 202 g/mol. The number of rotatable bonds is 3. The van der Waals surface area contributed by atoms with Gasteiger partial charge in [-0.25, -0.2) is 5.32 Å². The third kappa shape index (κ3) is 2.38. The van der Waals surface area contributed by atoms with Crippen molar-refractivity contribution in [3.63, 3.8) is 0 Å². The van der Waals surface area contributed by atoms with Gasteiger partial charge in [0.1, 0.15) is 0 Å². The molecule has 2 heterocycles. The minimum atomic E-state index is 0.639. The maximum absolute atomic E-state index is 4.32. The van der Waals surface area contributed by atoms with Crippen molar-refractivity contribution in [1.82, 2.24) is 15.2 Å². The summed E-state index contributed by atoms with van der Waals surface area (Å²) >= 11 is 0. The normalized spacial score (nSPS) is 14.9. The number of amidine groups is 2. The van der Waals surface area contributed by atoms with E-state index >= 15 is 0 Å². The lowest BCUT2D eigenvalue weighted by atomic mass is 10.2. The first kappa shape index (κ1) is 9.79. The predicted molar refractivity (Wildman–Crippen MR) is 58.9 cm³/mol. The van der Waals surface area contributed by atoms with Crippen LogP contribution in [-0.2, 0) is 0 Å². The van der Waals surface area contributed by atoms with Crippen LogP contribution in [0.5, 0.6) is 0 Å². The lowest BCUT2D eigenvalue weighted by Crippen LogP contribution is -2.29. The summed E-state index contributed by atoms with van der Waals surface area (Å²) in [4.78, 5) is 6.02. The first-order chi connectivity index (χ1) is 7.25. The molecule has 0 saturated carbocycles. The van der Waals surface area contributed by atoms with Crippen LogP contribution in [0.3, 0.4) is 0 Å². The monoisotopic (exact) mass is 202 g/mol. The van der Waals surface area contributed by atoms with Crippen molar-refractivity contribution >= 4 is 11.7 Å². The summed E-state index contributed by atoms with van der Waals surface area (Å²) in [6.07, 6.45) is 3.46. The van der Waals surface area contributed by atoms with E-state index in [2.05, 4.69) is 20.5 Å². The van der Waals surface area contributed by atoms with Gasteiger partial charge in [-0.15, -0.1) is 10.2 Å². The highest BCUT2D eigenvalue weighted by atomic mass is 15.4. The Bertz CT molecular complexity index is 394. The van der Waals surface area contributed by atoms with Crippen LogP contribution in [0.2, 0.25) is 0 Å². The fourth-order valence-electron chi connectivity index (χ4n) is 1.24. The highest BCUT2D eigenvalue weighted by molar-refractivity contribution is 6.11. The fraction of sp³-hybridized carbons (Fsp3) is 0.300. The van der Waals surface area contributed by atoms with Gasteiger partial charge in [-0.05, 0) is 26.2 Å². The minimum absolute atomic E-state index is 0.639. The summed E-state index contributed by atoms with van der Waals surface area (Å²) in [5, 5.41) is 12.3. The van der Waals surface area contributed by atoms with Gasteiger partial charge in [0, 0.05) is 18.0 Å². The first-order valence-corrected chi connectivity index (χ1v) is 4.67. The summed E-state index contributed by atoms with van der Waals surface area (Å²) in [5.74, 6) is 1.37. The van der Waals surface area contributed by atoms with Gasteiger partial charge >= 0.3 is 0 Å². The van der Waals surface area contributed by atoms with Crippen molar-refractivity contribution in [2.75, 3.05) is 20.6 Å². The number of aromatic nitrogens is 1. The third-order valence-corrected chi connectivity index (χ3v) is 1.87. The Labute approximate surface area is 88.5 Å². The van der Waals surface area contributed by atoms with E-state index in [1.54, 1.807) is 12.4 Å². The Morgan fingerprint density at radius 1 is 1.27 bits per heavy atom. The highest BCUT2D eigenvalue weighted by Gasteiger charge is 2.15. The Balaban J connectivity index is 2.02. The molecule has 0 fully saturated rings.